The van der Waals surface area contributed by atoms with Gasteiger partial charge in [0.05, 0.1) is 12.6 Å². The molecule has 0 amide bonds. The van der Waals surface area contributed by atoms with Crippen molar-refractivity contribution in [3.63, 3.8) is 0 Å². The molecule has 9 nitrogen and oxygen atoms in total. The monoisotopic (exact) mass is 521 g/mol. The highest BCUT2D eigenvalue weighted by atomic mass is 35.5. The average Bonchev–Trinajstić information content (AvgIpc) is 3.50. The minimum Gasteiger partial charge on any atom is -0.496 e. The van der Waals surface area contributed by atoms with Gasteiger partial charge in [0.25, 0.3) is 5.56 Å². The highest BCUT2D eigenvalue weighted by Crippen LogP contribution is 2.37. The summed E-state index contributed by atoms with van der Waals surface area (Å²) in [7, 11) is 1.46. The molecule has 0 radical (unpaired) electrons. The molecule has 0 saturated carbocycles. The topological polar surface area (TPSA) is 104 Å². The first kappa shape index (κ1) is 25.1. The number of nitrogens with one attached hydrogen (secondary N) is 1. The van der Waals surface area contributed by atoms with Gasteiger partial charge in [-0.05, 0) is 44.1 Å². The Morgan fingerprint density at radius 3 is 2.71 bits per heavy atom. The summed E-state index contributed by atoms with van der Waals surface area (Å²) >= 11 is 1.26. The molecule has 0 aliphatic carbocycles. The van der Waals surface area contributed by atoms with Crippen LogP contribution in [0.2, 0.25) is 0 Å². The summed E-state index contributed by atoms with van der Waals surface area (Å²) in [5, 5.41) is 7.19. The zero-order valence-electron chi connectivity index (χ0n) is 19.2. The maximum Gasteiger partial charge on any atom is 0.332 e. The molecule has 186 valence electrons. The first-order valence-electron chi connectivity index (χ1n) is 11.1. The predicted octanol–water partition coefficient (Wildman–Crippen LogP) is 3.38. The fraction of sp³-hybridized carbons (Fsp3) is 0.391. The number of benzene rings is 1. The first-order valence-corrected chi connectivity index (χ1v) is 12.0. The van der Waals surface area contributed by atoms with Crippen LogP contribution in [-0.4, -0.2) is 39.5 Å². The van der Waals surface area contributed by atoms with E-state index in [0.29, 0.717) is 57.4 Å². The molecule has 1 fully saturated rings. The zero-order chi connectivity index (χ0) is 23.8. The highest BCUT2D eigenvalue weighted by molar-refractivity contribution is 7.22. The van der Waals surface area contributed by atoms with Crippen LogP contribution in [0.15, 0.2) is 38.4 Å². The Morgan fingerprint density at radius 1 is 1.26 bits per heavy atom. The predicted molar refractivity (Wildman–Crippen MR) is 133 cm³/mol. The van der Waals surface area contributed by atoms with Gasteiger partial charge in [0, 0.05) is 29.0 Å². The number of aryl methyl sites for hydroxylation is 1. The Bertz CT molecular complexity index is 1470. The van der Waals surface area contributed by atoms with Gasteiger partial charge in [-0.25, -0.2) is 9.18 Å². The van der Waals surface area contributed by atoms with E-state index in [-0.39, 0.29) is 30.6 Å². The molecule has 1 saturated heterocycles. The van der Waals surface area contributed by atoms with E-state index >= 15 is 0 Å². The highest BCUT2D eigenvalue weighted by Gasteiger charge is 2.25. The second-order valence-corrected chi connectivity index (χ2v) is 9.20. The lowest BCUT2D eigenvalue weighted by molar-refractivity contribution is 0.338. The second kappa shape index (κ2) is 10.3. The third-order valence-corrected chi connectivity index (χ3v) is 7.22. The summed E-state index contributed by atoms with van der Waals surface area (Å²) in [4.78, 5) is 32.2. The van der Waals surface area contributed by atoms with Crippen molar-refractivity contribution < 1.29 is 13.7 Å². The lowest BCUT2D eigenvalue weighted by atomic mass is 10.1. The SMILES string of the molecule is CCc1noc(Cn2c(=O)n(C3CCNCC3)c(=O)c3sc(-c4ccc(F)cc4OC)cc32)n1.Cl. The van der Waals surface area contributed by atoms with Gasteiger partial charge in [-0.15, -0.1) is 23.7 Å². The van der Waals surface area contributed by atoms with Crippen molar-refractivity contribution in [2.24, 2.45) is 0 Å². The van der Waals surface area contributed by atoms with Gasteiger partial charge in [-0.2, -0.15) is 4.98 Å². The second-order valence-electron chi connectivity index (χ2n) is 8.15. The summed E-state index contributed by atoms with van der Waals surface area (Å²) in [6, 6.07) is 5.82. The summed E-state index contributed by atoms with van der Waals surface area (Å²) in [6.07, 6.45) is 1.98. The van der Waals surface area contributed by atoms with Crippen LogP contribution in [0.1, 0.15) is 37.5 Å². The number of hydrogen-bond donors (Lipinski definition) is 1. The van der Waals surface area contributed by atoms with E-state index in [1.165, 1.54) is 39.7 Å². The summed E-state index contributed by atoms with van der Waals surface area (Å²) in [5.74, 6) is 0.773. The Labute approximate surface area is 209 Å². The lowest BCUT2D eigenvalue weighted by Crippen LogP contribution is -2.45. The molecule has 0 spiro atoms. The van der Waals surface area contributed by atoms with E-state index in [1.54, 1.807) is 12.1 Å². The van der Waals surface area contributed by atoms with E-state index in [9.17, 15) is 14.0 Å². The van der Waals surface area contributed by atoms with Crippen molar-refractivity contribution in [3.05, 3.63) is 62.6 Å². The third-order valence-electron chi connectivity index (χ3n) is 6.08. The van der Waals surface area contributed by atoms with Gasteiger partial charge in [-0.1, -0.05) is 12.1 Å². The standard InChI is InChI=1S/C23H24FN5O4S.ClH/c1-3-19-26-20(33-27-19)12-28-16-11-18(15-5-4-13(24)10-17(15)32-2)34-21(16)22(30)29(23(28)31)14-6-8-25-9-7-14;/h4-5,10-11,14,25H,3,6-9,12H2,1-2H3;1H. The molecule has 5 rings (SSSR count). The fourth-order valence-corrected chi connectivity index (χ4v) is 5.47. The van der Waals surface area contributed by atoms with Gasteiger partial charge in [-0.3, -0.25) is 13.9 Å². The molecule has 1 N–H and O–H groups in total. The van der Waals surface area contributed by atoms with E-state index in [4.69, 9.17) is 9.26 Å². The molecule has 1 aliphatic heterocycles. The fourth-order valence-electron chi connectivity index (χ4n) is 4.34. The summed E-state index contributed by atoms with van der Waals surface area (Å²) < 4.78 is 27.8. The number of fused-ring (bicyclic) bond motifs is 1. The van der Waals surface area contributed by atoms with Crippen molar-refractivity contribution in [1.82, 2.24) is 24.6 Å². The van der Waals surface area contributed by atoms with E-state index in [0.717, 1.165) is 13.1 Å². The number of piperidine rings is 1. The average molecular weight is 522 g/mol. The first-order chi connectivity index (χ1) is 16.5. The van der Waals surface area contributed by atoms with Crippen LogP contribution in [0.4, 0.5) is 4.39 Å². The largest absolute Gasteiger partial charge is 0.496 e. The molecule has 0 unspecified atom stereocenters. The number of aromatic nitrogens is 4. The van der Waals surface area contributed by atoms with Gasteiger partial charge >= 0.3 is 5.69 Å². The van der Waals surface area contributed by atoms with E-state index < -0.39 is 11.5 Å². The van der Waals surface area contributed by atoms with E-state index in [1.807, 2.05) is 6.92 Å². The maximum atomic E-state index is 13.8. The zero-order valence-corrected chi connectivity index (χ0v) is 20.9. The number of halogens is 2. The smallest absolute Gasteiger partial charge is 0.332 e. The molecule has 12 heteroatoms. The minimum atomic E-state index is -0.421. The molecule has 3 aromatic heterocycles. The number of nitrogens with zero attached hydrogens (tertiary/aromatic N) is 4. The van der Waals surface area contributed by atoms with Gasteiger partial charge < -0.3 is 14.6 Å². The Kier molecular flexibility index (Phi) is 7.39. The van der Waals surface area contributed by atoms with Crippen LogP contribution in [0.3, 0.4) is 0 Å². The number of methoxy groups -OCH3 is 1. The molecule has 4 heterocycles. The van der Waals surface area contributed by atoms with Gasteiger partial charge in [0.15, 0.2) is 5.82 Å². The molecule has 1 aromatic carbocycles. The molecular formula is C23H25ClFN5O4S. The number of ether oxygens (including phenoxy) is 1. The summed E-state index contributed by atoms with van der Waals surface area (Å²) in [5.41, 5.74) is 0.391. The van der Waals surface area contributed by atoms with Crippen LogP contribution >= 0.6 is 23.7 Å². The van der Waals surface area contributed by atoms with Crippen molar-refractivity contribution in [3.8, 4) is 16.2 Å². The van der Waals surface area contributed by atoms with E-state index in [2.05, 4.69) is 15.5 Å². The molecule has 35 heavy (non-hydrogen) atoms. The van der Waals surface area contributed by atoms with Crippen molar-refractivity contribution in [2.75, 3.05) is 20.2 Å². The lowest BCUT2D eigenvalue weighted by Gasteiger charge is -2.24. The molecule has 4 aromatic rings. The molecule has 1 aliphatic rings. The Hall–Kier alpha value is -3.02. The molecular weight excluding hydrogens is 497 g/mol. The third kappa shape index (κ3) is 4.63. The molecule has 0 bridgehead atoms. The number of rotatable bonds is 6. The summed E-state index contributed by atoms with van der Waals surface area (Å²) in [6.45, 7) is 3.43. The Morgan fingerprint density at radius 2 is 2.03 bits per heavy atom. The van der Waals surface area contributed by atoms with Crippen molar-refractivity contribution in [2.45, 2.75) is 38.8 Å². The van der Waals surface area contributed by atoms with Crippen LogP contribution in [-0.2, 0) is 13.0 Å². The van der Waals surface area contributed by atoms with Crippen molar-refractivity contribution in [1.29, 1.82) is 0 Å². The van der Waals surface area contributed by atoms with Crippen LogP contribution in [0.25, 0.3) is 20.7 Å². The van der Waals surface area contributed by atoms with Crippen LogP contribution < -0.4 is 21.3 Å². The number of hydrogen-bond acceptors (Lipinski definition) is 8. The van der Waals surface area contributed by atoms with Crippen molar-refractivity contribution >= 4 is 34.0 Å². The Balaban J connectivity index is 0.00000289. The van der Waals surface area contributed by atoms with Gasteiger partial charge in [0.1, 0.15) is 22.8 Å². The minimum absolute atomic E-state index is 0. The quantitative estimate of drug-likeness (QED) is 0.415. The maximum absolute atomic E-state index is 13.8. The normalized spacial score (nSPS) is 14.3. The molecule has 0 atom stereocenters. The van der Waals surface area contributed by atoms with Gasteiger partial charge in [0.2, 0.25) is 5.89 Å². The van der Waals surface area contributed by atoms with Crippen LogP contribution in [0.5, 0.6) is 5.75 Å². The van der Waals surface area contributed by atoms with Crippen LogP contribution in [0, 0.1) is 5.82 Å². The number of thiophene rings is 1.